The van der Waals surface area contributed by atoms with Gasteiger partial charge in [0.2, 0.25) is 0 Å². The topological polar surface area (TPSA) is 39.2 Å². The first-order chi connectivity index (χ1) is 6.18. The average molecular weight is 183 g/mol. The van der Waals surface area contributed by atoms with Crippen LogP contribution in [0, 0.1) is 0 Å². The minimum absolute atomic E-state index is 0.0880. The molecule has 0 aliphatic rings. The summed E-state index contributed by atoms with van der Waals surface area (Å²) in [6.07, 6.45) is -1.45. The maximum atomic E-state index is 12.3. The number of nitrogens with two attached hydrogens (primary N) is 1. The average Bonchev–Trinajstić information content (AvgIpc) is 2.46. The van der Waals surface area contributed by atoms with Crippen molar-refractivity contribution in [2.75, 3.05) is 5.73 Å². The fraction of sp³-hybridized carbons (Fsp3) is 0.111. The number of anilines is 1. The monoisotopic (exact) mass is 183 g/mol. The molecule has 0 amide bonds. The van der Waals surface area contributed by atoms with Crippen LogP contribution in [-0.4, -0.2) is 0 Å². The molecule has 1 aromatic carbocycles. The summed E-state index contributed by atoms with van der Waals surface area (Å²) in [6, 6.07) is 4.64. The molecule has 0 fully saturated rings. The Balaban J connectivity index is 2.69. The first-order valence-corrected chi connectivity index (χ1v) is 3.73. The van der Waals surface area contributed by atoms with Gasteiger partial charge < -0.3 is 10.2 Å². The lowest BCUT2D eigenvalue weighted by Gasteiger charge is -1.95. The highest BCUT2D eigenvalue weighted by molar-refractivity contribution is 5.83. The first-order valence-electron chi connectivity index (χ1n) is 3.73. The summed E-state index contributed by atoms with van der Waals surface area (Å²) >= 11 is 0. The van der Waals surface area contributed by atoms with Crippen molar-refractivity contribution in [3.63, 3.8) is 0 Å². The Kier molecular flexibility index (Phi) is 1.69. The SMILES string of the molecule is Nc1ccc2c(C(F)F)coc2c1. The van der Waals surface area contributed by atoms with Gasteiger partial charge in [0.25, 0.3) is 6.43 Å². The van der Waals surface area contributed by atoms with E-state index in [0.717, 1.165) is 6.26 Å². The van der Waals surface area contributed by atoms with Crippen LogP contribution in [-0.2, 0) is 0 Å². The number of nitrogen functional groups attached to an aromatic ring is 1. The van der Waals surface area contributed by atoms with Crippen molar-refractivity contribution in [3.05, 3.63) is 30.0 Å². The van der Waals surface area contributed by atoms with Gasteiger partial charge in [0.1, 0.15) is 11.8 Å². The van der Waals surface area contributed by atoms with E-state index in [1.165, 1.54) is 12.1 Å². The second kappa shape index (κ2) is 2.73. The van der Waals surface area contributed by atoms with Crippen LogP contribution in [0.3, 0.4) is 0 Å². The van der Waals surface area contributed by atoms with Crippen LogP contribution in [0.1, 0.15) is 12.0 Å². The Morgan fingerprint density at radius 1 is 1.31 bits per heavy atom. The standard InChI is InChI=1S/C9H7F2NO/c10-9(11)7-4-13-8-3-5(12)1-2-6(7)8/h1-4,9H,12H2. The molecule has 0 spiro atoms. The fourth-order valence-electron chi connectivity index (χ4n) is 1.23. The van der Waals surface area contributed by atoms with Gasteiger partial charge in [-0.05, 0) is 12.1 Å². The maximum absolute atomic E-state index is 12.3. The molecule has 0 aliphatic carbocycles. The van der Waals surface area contributed by atoms with E-state index < -0.39 is 6.43 Å². The zero-order valence-corrected chi connectivity index (χ0v) is 6.63. The Morgan fingerprint density at radius 3 is 2.77 bits per heavy atom. The van der Waals surface area contributed by atoms with E-state index >= 15 is 0 Å². The molecule has 2 aromatic rings. The van der Waals surface area contributed by atoms with Crippen LogP contribution in [0.5, 0.6) is 0 Å². The summed E-state index contributed by atoms with van der Waals surface area (Å²) in [5, 5.41) is 0.421. The molecule has 68 valence electrons. The molecular weight excluding hydrogens is 176 g/mol. The van der Waals surface area contributed by atoms with Crippen molar-refractivity contribution in [3.8, 4) is 0 Å². The van der Waals surface area contributed by atoms with Gasteiger partial charge in [0, 0.05) is 17.1 Å². The van der Waals surface area contributed by atoms with Crippen LogP contribution in [0.15, 0.2) is 28.9 Å². The third kappa shape index (κ3) is 1.24. The van der Waals surface area contributed by atoms with Crippen molar-refractivity contribution in [2.45, 2.75) is 6.43 Å². The minimum Gasteiger partial charge on any atom is -0.464 e. The van der Waals surface area contributed by atoms with Crippen LogP contribution >= 0.6 is 0 Å². The largest absolute Gasteiger partial charge is 0.464 e. The number of fused-ring (bicyclic) bond motifs is 1. The molecule has 1 heterocycles. The number of benzene rings is 1. The Morgan fingerprint density at radius 2 is 2.08 bits per heavy atom. The molecule has 0 aliphatic heterocycles. The van der Waals surface area contributed by atoms with Crippen LogP contribution in [0.2, 0.25) is 0 Å². The van der Waals surface area contributed by atoms with Crippen molar-refractivity contribution in [2.24, 2.45) is 0 Å². The van der Waals surface area contributed by atoms with Crippen LogP contribution in [0.4, 0.5) is 14.5 Å². The molecule has 0 bridgehead atoms. The molecule has 0 saturated carbocycles. The summed E-state index contributed by atoms with van der Waals surface area (Å²) in [5.41, 5.74) is 6.27. The molecule has 2 rings (SSSR count). The Labute approximate surface area is 72.9 Å². The molecule has 13 heavy (non-hydrogen) atoms. The van der Waals surface area contributed by atoms with Gasteiger partial charge in [-0.3, -0.25) is 0 Å². The van der Waals surface area contributed by atoms with Gasteiger partial charge in [-0.15, -0.1) is 0 Å². The van der Waals surface area contributed by atoms with E-state index in [0.29, 0.717) is 16.7 Å². The van der Waals surface area contributed by atoms with Crippen molar-refractivity contribution in [1.29, 1.82) is 0 Å². The minimum atomic E-state index is -2.51. The van der Waals surface area contributed by atoms with Gasteiger partial charge in [-0.1, -0.05) is 0 Å². The summed E-state index contributed by atoms with van der Waals surface area (Å²) in [5.74, 6) is 0. The highest BCUT2D eigenvalue weighted by atomic mass is 19.3. The zero-order chi connectivity index (χ0) is 9.42. The smallest absolute Gasteiger partial charge is 0.267 e. The predicted molar refractivity (Wildman–Crippen MR) is 45.6 cm³/mol. The van der Waals surface area contributed by atoms with Crippen LogP contribution in [0.25, 0.3) is 11.0 Å². The van der Waals surface area contributed by atoms with E-state index in [1.807, 2.05) is 0 Å². The van der Waals surface area contributed by atoms with Gasteiger partial charge in [-0.2, -0.15) is 0 Å². The fourth-order valence-corrected chi connectivity index (χ4v) is 1.23. The predicted octanol–water partition coefficient (Wildman–Crippen LogP) is 2.95. The highest BCUT2D eigenvalue weighted by Gasteiger charge is 2.14. The third-order valence-corrected chi connectivity index (χ3v) is 1.86. The second-order valence-electron chi connectivity index (χ2n) is 2.75. The Hall–Kier alpha value is -1.58. The molecule has 2 N–H and O–H groups in total. The molecule has 4 heteroatoms. The quantitative estimate of drug-likeness (QED) is 0.690. The van der Waals surface area contributed by atoms with Gasteiger partial charge in [-0.25, -0.2) is 8.78 Å². The zero-order valence-electron chi connectivity index (χ0n) is 6.63. The molecule has 0 radical (unpaired) electrons. The molecule has 0 saturated heterocycles. The highest BCUT2D eigenvalue weighted by Crippen LogP contribution is 2.30. The third-order valence-electron chi connectivity index (χ3n) is 1.86. The normalized spacial score (nSPS) is 11.3. The van der Waals surface area contributed by atoms with E-state index in [1.54, 1.807) is 6.07 Å². The van der Waals surface area contributed by atoms with E-state index in [2.05, 4.69) is 0 Å². The lowest BCUT2D eigenvalue weighted by molar-refractivity contribution is 0.152. The van der Waals surface area contributed by atoms with Gasteiger partial charge in [0.15, 0.2) is 0 Å². The summed E-state index contributed by atoms with van der Waals surface area (Å²) in [4.78, 5) is 0. The molecule has 1 aromatic heterocycles. The number of alkyl halides is 2. The number of rotatable bonds is 1. The number of furan rings is 1. The Bertz CT molecular complexity index is 436. The summed E-state index contributed by atoms with van der Waals surface area (Å²) in [7, 11) is 0. The van der Waals surface area contributed by atoms with E-state index in [9.17, 15) is 8.78 Å². The first kappa shape index (κ1) is 8.04. The van der Waals surface area contributed by atoms with Gasteiger partial charge in [0.05, 0.1) is 5.56 Å². The summed E-state index contributed by atoms with van der Waals surface area (Å²) < 4.78 is 29.6. The summed E-state index contributed by atoms with van der Waals surface area (Å²) in [6.45, 7) is 0. The van der Waals surface area contributed by atoms with Crippen molar-refractivity contribution >= 4 is 16.7 Å². The lowest BCUT2D eigenvalue weighted by Crippen LogP contribution is -1.83. The lowest BCUT2D eigenvalue weighted by atomic mass is 10.2. The number of halogens is 2. The number of hydrogen-bond donors (Lipinski definition) is 1. The molecule has 2 nitrogen and oxygen atoms in total. The molecule has 0 atom stereocenters. The van der Waals surface area contributed by atoms with Crippen LogP contribution < -0.4 is 5.73 Å². The second-order valence-corrected chi connectivity index (χ2v) is 2.75. The van der Waals surface area contributed by atoms with E-state index in [4.69, 9.17) is 10.2 Å². The van der Waals surface area contributed by atoms with Gasteiger partial charge >= 0.3 is 0 Å². The molecule has 0 unspecified atom stereocenters. The number of hydrogen-bond acceptors (Lipinski definition) is 2. The van der Waals surface area contributed by atoms with Crippen molar-refractivity contribution < 1.29 is 13.2 Å². The van der Waals surface area contributed by atoms with Crippen molar-refractivity contribution in [1.82, 2.24) is 0 Å². The maximum Gasteiger partial charge on any atom is 0.267 e. The van der Waals surface area contributed by atoms with E-state index in [-0.39, 0.29) is 5.56 Å². The molecular formula is C9H7F2NO.